The molecule has 5 heterocycles. The SMILES string of the molecule is CC(C)(C)c1ccc(N(c2ccc(C(C)(C)C)cc2)c2cc3c4c(c2)-n2c5c(cccc5c5oc6ccccc6c52)B4c2ccc(C(C)(C)C)cc2N3c2cccc3c2oc2cc(C(C)(C)C)ccc23)cc1. The molecule has 2 aliphatic rings. The van der Waals surface area contributed by atoms with Crippen LogP contribution in [0.1, 0.15) is 105 Å². The summed E-state index contributed by atoms with van der Waals surface area (Å²) in [6.07, 6.45) is 0. The fourth-order valence-corrected chi connectivity index (χ4v) is 11.8. The fraction of sp³-hybridized carbons (Fsp3) is 0.242. The predicted octanol–water partition coefficient (Wildman–Crippen LogP) is 16.7. The number of para-hydroxylation sites is 3. The first-order valence-electron chi connectivity index (χ1n) is 25.8. The van der Waals surface area contributed by atoms with Crippen LogP contribution in [0.4, 0.5) is 34.1 Å². The highest BCUT2D eigenvalue weighted by Gasteiger charge is 2.44. The van der Waals surface area contributed by atoms with Crippen LogP contribution in [0.5, 0.6) is 0 Å². The molecule has 0 radical (unpaired) electrons. The Labute approximate surface area is 423 Å². The van der Waals surface area contributed by atoms with Gasteiger partial charge in [0.15, 0.2) is 11.2 Å². The van der Waals surface area contributed by atoms with Crippen molar-refractivity contribution < 1.29 is 8.83 Å². The third-order valence-electron chi connectivity index (χ3n) is 15.8. The molecule has 6 heteroatoms. The first-order valence-corrected chi connectivity index (χ1v) is 25.8. The summed E-state index contributed by atoms with van der Waals surface area (Å²) in [6.45, 7) is 27.4. The van der Waals surface area contributed by atoms with Crippen LogP contribution in [-0.2, 0) is 21.7 Å². The molecule has 0 amide bonds. The van der Waals surface area contributed by atoms with Crippen molar-refractivity contribution in [2.75, 3.05) is 9.80 Å². The number of furan rings is 2. The van der Waals surface area contributed by atoms with Crippen LogP contribution in [-0.4, -0.2) is 11.3 Å². The molecule has 5 nitrogen and oxygen atoms in total. The van der Waals surface area contributed by atoms with E-state index >= 15 is 0 Å². The van der Waals surface area contributed by atoms with Gasteiger partial charge < -0.3 is 23.2 Å². The molecule has 11 aromatic rings. The zero-order chi connectivity index (χ0) is 50.0. The Morgan fingerprint density at radius 1 is 0.375 bits per heavy atom. The number of hydrogen-bond donors (Lipinski definition) is 0. The van der Waals surface area contributed by atoms with E-state index in [-0.39, 0.29) is 28.4 Å². The number of aromatic nitrogens is 1. The molecular formula is C66H62BN3O2. The van der Waals surface area contributed by atoms with Crippen molar-refractivity contribution in [3.05, 3.63) is 180 Å². The van der Waals surface area contributed by atoms with Gasteiger partial charge in [0.25, 0.3) is 6.71 Å². The van der Waals surface area contributed by atoms with Crippen molar-refractivity contribution in [3.8, 4) is 5.69 Å². The number of anilines is 6. The maximum atomic E-state index is 7.21. The Hall–Kier alpha value is -7.44. The van der Waals surface area contributed by atoms with Crippen molar-refractivity contribution in [2.45, 2.75) is 105 Å². The molecule has 0 bridgehead atoms. The molecule has 8 aromatic carbocycles. The van der Waals surface area contributed by atoms with E-state index in [0.29, 0.717) is 0 Å². The predicted molar refractivity (Wildman–Crippen MR) is 307 cm³/mol. The fourth-order valence-electron chi connectivity index (χ4n) is 11.8. The van der Waals surface area contributed by atoms with Crippen molar-refractivity contribution in [1.82, 2.24) is 4.57 Å². The summed E-state index contributed by atoms with van der Waals surface area (Å²) in [5, 5.41) is 4.45. The lowest BCUT2D eigenvalue weighted by molar-refractivity contribution is 0.587. The first kappa shape index (κ1) is 44.5. The van der Waals surface area contributed by atoms with Crippen molar-refractivity contribution in [2.24, 2.45) is 0 Å². The highest BCUT2D eigenvalue weighted by molar-refractivity contribution is 7.00. The van der Waals surface area contributed by atoms with Gasteiger partial charge in [0, 0.05) is 50.0 Å². The number of benzene rings is 8. The zero-order valence-corrected chi connectivity index (χ0v) is 43.7. The number of rotatable bonds is 4. The van der Waals surface area contributed by atoms with E-state index < -0.39 is 0 Å². The standard InChI is InChI=1S/C66H62BN3O2/c1-63(2,3)39-23-29-43(30-24-39)68(44-31-25-40(26-32-44)64(4,5)6)45-37-54-58-55(38-45)70-59-49(62-60(70)48-17-13-14-22-56(48)71-62)19-15-20-51(59)67(58)50-34-28-41(65(7,8)9)35-53(50)69(54)52-21-16-18-47-46-33-27-42(66(10,11)12)36-57(46)72-61(47)52/h13-38H,1-12H3. The van der Waals surface area contributed by atoms with E-state index in [0.717, 1.165) is 89.2 Å². The topological polar surface area (TPSA) is 37.7 Å². The summed E-state index contributed by atoms with van der Waals surface area (Å²) in [6, 6.07) is 59.5. The molecule has 356 valence electrons. The Morgan fingerprint density at radius 2 is 0.931 bits per heavy atom. The molecule has 0 unspecified atom stereocenters. The quantitative estimate of drug-likeness (QED) is 0.165. The maximum Gasteiger partial charge on any atom is 0.252 e. The summed E-state index contributed by atoms with van der Waals surface area (Å²) < 4.78 is 16.7. The molecule has 0 saturated heterocycles. The van der Waals surface area contributed by atoms with Gasteiger partial charge in [-0.2, -0.15) is 0 Å². The first-order chi connectivity index (χ1) is 34.2. The second kappa shape index (κ2) is 15.1. The van der Waals surface area contributed by atoms with Crippen LogP contribution in [0, 0.1) is 0 Å². The largest absolute Gasteiger partial charge is 0.454 e. The Kier molecular flexibility index (Phi) is 9.30. The molecule has 0 atom stereocenters. The van der Waals surface area contributed by atoms with E-state index in [9.17, 15) is 0 Å². The van der Waals surface area contributed by atoms with Crippen LogP contribution >= 0.6 is 0 Å². The summed E-state index contributed by atoms with van der Waals surface area (Å²) >= 11 is 0. The van der Waals surface area contributed by atoms with Gasteiger partial charge in [-0.05, 0) is 133 Å². The minimum Gasteiger partial charge on any atom is -0.454 e. The number of hydrogen-bond acceptors (Lipinski definition) is 4. The minimum absolute atomic E-state index is 0.000430. The molecular weight excluding hydrogens is 878 g/mol. The third-order valence-corrected chi connectivity index (χ3v) is 15.8. The van der Waals surface area contributed by atoms with Crippen LogP contribution < -0.4 is 26.2 Å². The summed E-state index contributed by atoms with van der Waals surface area (Å²) in [5.41, 5.74) is 22.3. The highest BCUT2D eigenvalue weighted by Crippen LogP contribution is 2.50. The molecule has 0 saturated carbocycles. The second-order valence-corrected chi connectivity index (χ2v) is 24.7. The van der Waals surface area contributed by atoms with Gasteiger partial charge in [0.1, 0.15) is 16.7 Å². The molecule has 3 aromatic heterocycles. The normalized spacial score (nSPS) is 13.8. The van der Waals surface area contributed by atoms with E-state index in [2.05, 4.69) is 255 Å². The summed E-state index contributed by atoms with van der Waals surface area (Å²) in [7, 11) is 0. The van der Waals surface area contributed by atoms with Crippen LogP contribution in [0.2, 0.25) is 0 Å². The van der Waals surface area contributed by atoms with Crippen LogP contribution in [0.25, 0.3) is 60.6 Å². The second-order valence-electron chi connectivity index (χ2n) is 24.7. The van der Waals surface area contributed by atoms with E-state index in [1.54, 1.807) is 0 Å². The maximum absolute atomic E-state index is 7.21. The van der Waals surface area contributed by atoms with E-state index in [1.807, 2.05) is 0 Å². The molecule has 0 aliphatic carbocycles. The van der Waals surface area contributed by atoms with Gasteiger partial charge in [-0.25, -0.2) is 0 Å². The molecule has 0 fully saturated rings. The summed E-state index contributed by atoms with van der Waals surface area (Å²) in [5.74, 6) is 0. The number of fused-ring (bicyclic) bond motifs is 12. The molecule has 13 rings (SSSR count). The van der Waals surface area contributed by atoms with Gasteiger partial charge in [0.05, 0.1) is 16.9 Å². The zero-order valence-electron chi connectivity index (χ0n) is 43.7. The number of nitrogens with zero attached hydrogens (tertiary/aromatic N) is 3. The van der Waals surface area contributed by atoms with E-state index in [4.69, 9.17) is 8.83 Å². The monoisotopic (exact) mass is 939 g/mol. The lowest BCUT2D eigenvalue weighted by Crippen LogP contribution is -2.60. The van der Waals surface area contributed by atoms with E-state index in [1.165, 1.54) is 44.2 Å². The van der Waals surface area contributed by atoms with Crippen molar-refractivity contribution in [1.29, 1.82) is 0 Å². The Balaban J connectivity index is 1.18. The van der Waals surface area contributed by atoms with Gasteiger partial charge in [-0.1, -0.05) is 168 Å². The average molecular weight is 940 g/mol. The third kappa shape index (κ3) is 6.60. The minimum atomic E-state index is -0.106. The van der Waals surface area contributed by atoms with Crippen LogP contribution in [0.3, 0.4) is 0 Å². The Morgan fingerprint density at radius 3 is 1.60 bits per heavy atom. The van der Waals surface area contributed by atoms with Gasteiger partial charge in [0.2, 0.25) is 0 Å². The van der Waals surface area contributed by atoms with Crippen molar-refractivity contribution in [3.63, 3.8) is 0 Å². The summed E-state index contributed by atoms with van der Waals surface area (Å²) in [4.78, 5) is 5.01. The van der Waals surface area contributed by atoms with Gasteiger partial charge in [-0.3, -0.25) is 0 Å². The molecule has 0 spiro atoms. The highest BCUT2D eigenvalue weighted by atomic mass is 16.3. The average Bonchev–Trinajstić information content (AvgIpc) is 4.01. The lowest BCUT2D eigenvalue weighted by atomic mass is 9.33. The lowest BCUT2D eigenvalue weighted by Gasteiger charge is -2.42. The molecule has 72 heavy (non-hydrogen) atoms. The molecule has 0 N–H and O–H groups in total. The molecule has 2 aliphatic heterocycles. The smallest absolute Gasteiger partial charge is 0.252 e. The Bertz CT molecular complexity index is 3970. The van der Waals surface area contributed by atoms with Crippen molar-refractivity contribution >= 4 is 112 Å². The van der Waals surface area contributed by atoms with Crippen LogP contribution in [0.15, 0.2) is 167 Å². The van der Waals surface area contributed by atoms with Gasteiger partial charge >= 0.3 is 0 Å². The van der Waals surface area contributed by atoms with Gasteiger partial charge in [-0.15, -0.1) is 0 Å².